The molecule has 4 heteroatoms. The molecule has 0 radical (unpaired) electrons. The maximum absolute atomic E-state index is 10.9. The molecule has 1 amide bonds. The SMILES string of the molecule is CCOC(=O)/N=C/c1ccc(OC)cc1. The van der Waals surface area contributed by atoms with Crippen molar-refractivity contribution in [2.24, 2.45) is 4.99 Å². The molecule has 0 bridgehead atoms. The summed E-state index contributed by atoms with van der Waals surface area (Å²) in [5.41, 5.74) is 0.823. The second-order valence-corrected chi connectivity index (χ2v) is 2.73. The van der Waals surface area contributed by atoms with Crippen LogP contribution >= 0.6 is 0 Å². The molecule has 0 aliphatic rings. The van der Waals surface area contributed by atoms with Crippen LogP contribution in [0.3, 0.4) is 0 Å². The Morgan fingerprint density at radius 3 is 2.60 bits per heavy atom. The highest BCUT2D eigenvalue weighted by Crippen LogP contribution is 2.09. The number of hydrogen-bond donors (Lipinski definition) is 0. The molecule has 0 N–H and O–H groups in total. The summed E-state index contributed by atoms with van der Waals surface area (Å²) < 4.78 is 9.64. The van der Waals surface area contributed by atoms with E-state index in [1.807, 2.05) is 12.1 Å². The van der Waals surface area contributed by atoms with Gasteiger partial charge < -0.3 is 9.47 Å². The molecule has 0 saturated heterocycles. The minimum absolute atomic E-state index is 0.332. The fourth-order valence-electron chi connectivity index (χ4n) is 0.978. The molecule has 0 spiro atoms. The number of carbonyl (C=O) groups excluding carboxylic acids is 1. The fourth-order valence-corrected chi connectivity index (χ4v) is 0.978. The molecule has 1 aromatic rings. The average Bonchev–Trinajstić information content (AvgIpc) is 2.27. The molecule has 0 aromatic heterocycles. The molecule has 1 aromatic carbocycles. The minimum Gasteiger partial charge on any atom is -0.497 e. The second-order valence-electron chi connectivity index (χ2n) is 2.73. The Hall–Kier alpha value is -1.84. The Kier molecular flexibility index (Phi) is 4.34. The van der Waals surface area contributed by atoms with Crippen molar-refractivity contribution in [2.75, 3.05) is 13.7 Å². The lowest BCUT2D eigenvalue weighted by Crippen LogP contribution is -1.98. The molecular formula is C11H13NO3. The van der Waals surface area contributed by atoms with Crippen molar-refractivity contribution in [1.82, 2.24) is 0 Å². The van der Waals surface area contributed by atoms with Crippen LogP contribution in [0.4, 0.5) is 4.79 Å². The highest BCUT2D eigenvalue weighted by atomic mass is 16.5. The first-order valence-corrected chi connectivity index (χ1v) is 4.61. The van der Waals surface area contributed by atoms with Gasteiger partial charge in [0.2, 0.25) is 0 Å². The van der Waals surface area contributed by atoms with Crippen LogP contribution in [0, 0.1) is 0 Å². The molecule has 0 aliphatic carbocycles. The van der Waals surface area contributed by atoms with E-state index in [1.165, 1.54) is 6.21 Å². The maximum Gasteiger partial charge on any atom is 0.433 e. The van der Waals surface area contributed by atoms with Crippen LogP contribution in [-0.4, -0.2) is 26.0 Å². The van der Waals surface area contributed by atoms with Crippen LogP contribution in [0.2, 0.25) is 0 Å². The Morgan fingerprint density at radius 2 is 2.07 bits per heavy atom. The molecule has 4 nitrogen and oxygen atoms in total. The van der Waals surface area contributed by atoms with Gasteiger partial charge in [-0.1, -0.05) is 0 Å². The predicted molar refractivity (Wildman–Crippen MR) is 57.6 cm³/mol. The molecule has 15 heavy (non-hydrogen) atoms. The van der Waals surface area contributed by atoms with E-state index in [0.29, 0.717) is 6.61 Å². The number of aliphatic imine (C=N–C) groups is 1. The highest BCUT2D eigenvalue weighted by molar-refractivity contribution is 5.88. The lowest BCUT2D eigenvalue weighted by molar-refractivity contribution is 0.164. The van der Waals surface area contributed by atoms with Crippen LogP contribution in [-0.2, 0) is 4.74 Å². The van der Waals surface area contributed by atoms with Gasteiger partial charge >= 0.3 is 6.09 Å². The summed E-state index contributed by atoms with van der Waals surface area (Å²) in [6.07, 6.45) is 0.880. The zero-order valence-corrected chi connectivity index (χ0v) is 8.77. The van der Waals surface area contributed by atoms with Crippen molar-refractivity contribution in [2.45, 2.75) is 6.92 Å². The Balaban J connectivity index is 2.60. The third kappa shape index (κ3) is 3.81. The van der Waals surface area contributed by atoms with Crippen molar-refractivity contribution in [3.05, 3.63) is 29.8 Å². The number of rotatable bonds is 3. The molecular weight excluding hydrogens is 194 g/mol. The first-order valence-electron chi connectivity index (χ1n) is 4.61. The topological polar surface area (TPSA) is 47.9 Å². The Labute approximate surface area is 88.5 Å². The first-order chi connectivity index (χ1) is 7.26. The van der Waals surface area contributed by atoms with Gasteiger partial charge in [0.05, 0.1) is 13.7 Å². The average molecular weight is 207 g/mol. The van der Waals surface area contributed by atoms with Gasteiger partial charge in [-0.2, -0.15) is 4.99 Å². The van der Waals surface area contributed by atoms with Gasteiger partial charge in [0.15, 0.2) is 0 Å². The summed E-state index contributed by atoms with van der Waals surface area (Å²) in [7, 11) is 1.60. The third-order valence-electron chi connectivity index (χ3n) is 1.70. The zero-order valence-electron chi connectivity index (χ0n) is 8.77. The molecule has 0 heterocycles. The number of nitrogens with zero attached hydrogens (tertiary/aromatic N) is 1. The zero-order chi connectivity index (χ0) is 11.1. The van der Waals surface area contributed by atoms with Crippen molar-refractivity contribution in [1.29, 1.82) is 0 Å². The van der Waals surface area contributed by atoms with E-state index < -0.39 is 6.09 Å². The van der Waals surface area contributed by atoms with Crippen LogP contribution in [0.25, 0.3) is 0 Å². The Morgan fingerprint density at radius 1 is 1.40 bits per heavy atom. The lowest BCUT2D eigenvalue weighted by Gasteiger charge is -1.98. The van der Waals surface area contributed by atoms with Gasteiger partial charge in [0.25, 0.3) is 0 Å². The lowest BCUT2D eigenvalue weighted by atomic mass is 10.2. The molecule has 80 valence electrons. The largest absolute Gasteiger partial charge is 0.497 e. The summed E-state index contributed by atoms with van der Waals surface area (Å²) in [4.78, 5) is 14.5. The summed E-state index contributed by atoms with van der Waals surface area (Å²) in [6.45, 7) is 2.07. The first kappa shape index (κ1) is 11.2. The quantitative estimate of drug-likeness (QED) is 0.714. The van der Waals surface area contributed by atoms with E-state index in [-0.39, 0.29) is 0 Å². The van der Waals surface area contributed by atoms with Crippen molar-refractivity contribution in [3.63, 3.8) is 0 Å². The third-order valence-corrected chi connectivity index (χ3v) is 1.70. The molecule has 0 fully saturated rings. The van der Waals surface area contributed by atoms with Crippen LogP contribution in [0.1, 0.15) is 12.5 Å². The van der Waals surface area contributed by atoms with Crippen LogP contribution < -0.4 is 4.74 Å². The van der Waals surface area contributed by atoms with Crippen molar-refractivity contribution in [3.8, 4) is 5.75 Å². The summed E-state index contributed by atoms with van der Waals surface area (Å²) >= 11 is 0. The second kappa shape index (κ2) is 5.80. The summed E-state index contributed by atoms with van der Waals surface area (Å²) in [5.74, 6) is 0.767. The van der Waals surface area contributed by atoms with E-state index in [4.69, 9.17) is 4.74 Å². The van der Waals surface area contributed by atoms with Gasteiger partial charge in [-0.3, -0.25) is 0 Å². The number of ether oxygens (including phenoxy) is 2. The van der Waals surface area contributed by atoms with E-state index in [9.17, 15) is 4.79 Å². The summed E-state index contributed by atoms with van der Waals surface area (Å²) in [5, 5.41) is 0. The number of carbonyl (C=O) groups is 1. The summed E-state index contributed by atoms with van der Waals surface area (Å²) in [6, 6.07) is 7.21. The van der Waals surface area contributed by atoms with E-state index >= 15 is 0 Å². The molecule has 1 rings (SSSR count). The normalized spacial score (nSPS) is 10.3. The van der Waals surface area contributed by atoms with Crippen molar-refractivity contribution >= 4 is 12.3 Å². The maximum atomic E-state index is 10.9. The standard InChI is InChI=1S/C11H13NO3/c1-3-15-11(13)12-8-9-4-6-10(14-2)7-5-9/h4-8H,3H2,1-2H3/b12-8+. The fraction of sp³-hybridized carbons (Fsp3) is 0.273. The van der Waals surface area contributed by atoms with Gasteiger partial charge in [-0.25, -0.2) is 4.79 Å². The predicted octanol–water partition coefficient (Wildman–Crippen LogP) is 2.27. The molecule has 0 saturated carbocycles. The Bertz CT molecular complexity index is 343. The van der Waals surface area contributed by atoms with Crippen molar-refractivity contribution < 1.29 is 14.3 Å². The number of methoxy groups -OCH3 is 1. The monoisotopic (exact) mass is 207 g/mol. The van der Waals surface area contributed by atoms with Gasteiger partial charge in [0, 0.05) is 6.21 Å². The van der Waals surface area contributed by atoms with E-state index in [0.717, 1.165) is 11.3 Å². The number of benzene rings is 1. The van der Waals surface area contributed by atoms with Crippen LogP contribution in [0.15, 0.2) is 29.3 Å². The van der Waals surface area contributed by atoms with Gasteiger partial charge in [0.1, 0.15) is 5.75 Å². The molecule has 0 atom stereocenters. The minimum atomic E-state index is -0.576. The van der Waals surface area contributed by atoms with Gasteiger partial charge in [-0.15, -0.1) is 0 Å². The molecule has 0 unspecified atom stereocenters. The van der Waals surface area contributed by atoms with E-state index in [2.05, 4.69) is 9.73 Å². The smallest absolute Gasteiger partial charge is 0.433 e. The van der Waals surface area contributed by atoms with E-state index in [1.54, 1.807) is 26.2 Å². The number of hydrogen-bond acceptors (Lipinski definition) is 3. The van der Waals surface area contributed by atoms with Gasteiger partial charge in [-0.05, 0) is 36.8 Å². The highest BCUT2D eigenvalue weighted by Gasteiger charge is 1.95. The number of amides is 1. The molecule has 0 aliphatic heterocycles. The van der Waals surface area contributed by atoms with Crippen LogP contribution in [0.5, 0.6) is 5.75 Å².